The maximum Gasteiger partial charge on any atom is 0.308 e. The molecule has 1 aliphatic rings. The average Bonchev–Trinajstić information content (AvgIpc) is 2.94. The number of carboxylic acid groups (broad SMARTS) is 1. The van der Waals surface area contributed by atoms with Crippen molar-refractivity contribution in [2.75, 3.05) is 6.54 Å². The number of nitrogens with zero attached hydrogens (tertiary/aromatic N) is 2. The fourth-order valence-corrected chi connectivity index (χ4v) is 2.36. The lowest BCUT2D eigenvalue weighted by Crippen LogP contribution is -2.37. The first-order valence-corrected chi connectivity index (χ1v) is 6.12. The molecule has 6 heteroatoms. The van der Waals surface area contributed by atoms with Crippen molar-refractivity contribution in [3.05, 3.63) is 17.5 Å². The van der Waals surface area contributed by atoms with E-state index in [1.54, 1.807) is 17.9 Å². The van der Waals surface area contributed by atoms with Crippen LogP contribution in [0.1, 0.15) is 36.5 Å². The summed E-state index contributed by atoms with van der Waals surface area (Å²) in [6.45, 7) is 4.23. The quantitative estimate of drug-likeness (QED) is 0.836. The van der Waals surface area contributed by atoms with Gasteiger partial charge in [0, 0.05) is 18.3 Å². The van der Waals surface area contributed by atoms with E-state index < -0.39 is 11.9 Å². The second-order valence-electron chi connectivity index (χ2n) is 4.60. The van der Waals surface area contributed by atoms with Gasteiger partial charge in [-0.1, -0.05) is 6.92 Å². The number of aromatic amines is 1. The minimum atomic E-state index is -0.839. The van der Waals surface area contributed by atoms with Crippen LogP contribution in [0.3, 0.4) is 0 Å². The van der Waals surface area contributed by atoms with E-state index in [-0.39, 0.29) is 11.9 Å². The summed E-state index contributed by atoms with van der Waals surface area (Å²) in [5.74, 6) is -1.50. The molecule has 18 heavy (non-hydrogen) atoms. The Kier molecular flexibility index (Phi) is 3.36. The van der Waals surface area contributed by atoms with Crippen molar-refractivity contribution in [1.29, 1.82) is 0 Å². The smallest absolute Gasteiger partial charge is 0.308 e. The summed E-state index contributed by atoms with van der Waals surface area (Å²) in [7, 11) is 0. The molecule has 0 saturated carbocycles. The number of hydrogen-bond acceptors (Lipinski definition) is 3. The summed E-state index contributed by atoms with van der Waals surface area (Å²) >= 11 is 0. The number of aromatic nitrogens is 2. The lowest BCUT2D eigenvalue weighted by atomic mass is 10.0. The molecule has 0 aliphatic carbocycles. The van der Waals surface area contributed by atoms with Crippen LogP contribution in [0.5, 0.6) is 0 Å². The molecule has 0 aromatic carbocycles. The van der Waals surface area contributed by atoms with Gasteiger partial charge in [-0.3, -0.25) is 14.7 Å². The molecular formula is C12H17N3O3. The Bertz CT molecular complexity index is 469. The molecule has 0 spiro atoms. The van der Waals surface area contributed by atoms with Crippen molar-refractivity contribution in [3.63, 3.8) is 0 Å². The van der Waals surface area contributed by atoms with Crippen LogP contribution in [-0.2, 0) is 11.2 Å². The van der Waals surface area contributed by atoms with Gasteiger partial charge < -0.3 is 10.0 Å². The van der Waals surface area contributed by atoms with E-state index in [2.05, 4.69) is 10.2 Å². The second-order valence-corrected chi connectivity index (χ2v) is 4.60. The third-order valence-corrected chi connectivity index (χ3v) is 3.56. The molecule has 2 heterocycles. The van der Waals surface area contributed by atoms with E-state index in [1.165, 1.54) is 0 Å². The number of amides is 1. The van der Waals surface area contributed by atoms with Crippen molar-refractivity contribution >= 4 is 11.9 Å². The standard InChI is InChI=1S/C12H17N3O3/c1-3-8-6-10(14-13-8)11(16)15-5-4-9(7(15)2)12(17)18/h6-7,9H,3-5H2,1-2H3,(H,13,14)(H,17,18). The number of hydrogen-bond donors (Lipinski definition) is 2. The van der Waals surface area contributed by atoms with E-state index in [9.17, 15) is 9.59 Å². The second kappa shape index (κ2) is 4.80. The third-order valence-electron chi connectivity index (χ3n) is 3.56. The number of H-pyrrole nitrogens is 1. The van der Waals surface area contributed by atoms with E-state index in [1.807, 2.05) is 6.92 Å². The zero-order valence-corrected chi connectivity index (χ0v) is 10.5. The molecule has 1 aromatic heterocycles. The third kappa shape index (κ3) is 2.10. The van der Waals surface area contributed by atoms with Gasteiger partial charge in [-0.05, 0) is 25.8 Å². The number of carbonyl (C=O) groups is 2. The van der Waals surface area contributed by atoms with Crippen molar-refractivity contribution < 1.29 is 14.7 Å². The molecule has 0 bridgehead atoms. The van der Waals surface area contributed by atoms with Crippen LogP contribution in [-0.4, -0.2) is 44.7 Å². The van der Waals surface area contributed by atoms with Gasteiger partial charge in [-0.2, -0.15) is 5.10 Å². The first kappa shape index (κ1) is 12.6. The van der Waals surface area contributed by atoms with Gasteiger partial charge in [0.05, 0.1) is 5.92 Å². The van der Waals surface area contributed by atoms with E-state index in [0.717, 1.165) is 12.1 Å². The molecule has 6 nitrogen and oxygen atoms in total. The van der Waals surface area contributed by atoms with Crippen LogP contribution in [0, 0.1) is 5.92 Å². The molecule has 2 atom stereocenters. The van der Waals surface area contributed by atoms with Crippen LogP contribution in [0.15, 0.2) is 6.07 Å². The van der Waals surface area contributed by atoms with Crippen LogP contribution < -0.4 is 0 Å². The Morgan fingerprint density at radius 3 is 2.83 bits per heavy atom. The lowest BCUT2D eigenvalue weighted by molar-refractivity contribution is -0.142. The van der Waals surface area contributed by atoms with Crippen LogP contribution >= 0.6 is 0 Å². The van der Waals surface area contributed by atoms with Gasteiger partial charge >= 0.3 is 5.97 Å². The van der Waals surface area contributed by atoms with Crippen molar-refractivity contribution in [1.82, 2.24) is 15.1 Å². The maximum absolute atomic E-state index is 12.2. The highest BCUT2D eigenvalue weighted by atomic mass is 16.4. The number of aliphatic carboxylic acids is 1. The van der Waals surface area contributed by atoms with Gasteiger partial charge in [0.15, 0.2) is 0 Å². The predicted octanol–water partition coefficient (Wildman–Crippen LogP) is 0.907. The zero-order chi connectivity index (χ0) is 13.3. The molecule has 2 N–H and O–H groups in total. The van der Waals surface area contributed by atoms with Crippen molar-refractivity contribution in [2.24, 2.45) is 5.92 Å². The topological polar surface area (TPSA) is 86.3 Å². The van der Waals surface area contributed by atoms with Crippen molar-refractivity contribution in [3.8, 4) is 0 Å². The SMILES string of the molecule is CCc1cc(C(=O)N2CCC(C(=O)O)C2C)n[nH]1. The molecule has 0 radical (unpaired) electrons. The Labute approximate surface area is 105 Å². The number of aryl methyl sites for hydroxylation is 1. The Hall–Kier alpha value is -1.85. The number of carboxylic acids is 1. The van der Waals surface area contributed by atoms with Gasteiger partial charge in [0.2, 0.25) is 0 Å². The highest BCUT2D eigenvalue weighted by Gasteiger charge is 2.38. The molecular weight excluding hydrogens is 234 g/mol. The van der Waals surface area contributed by atoms with Gasteiger partial charge in [-0.15, -0.1) is 0 Å². The summed E-state index contributed by atoms with van der Waals surface area (Å²) in [6, 6.07) is 1.44. The van der Waals surface area contributed by atoms with E-state index in [4.69, 9.17) is 5.11 Å². The summed E-state index contributed by atoms with van der Waals surface area (Å²) in [4.78, 5) is 24.8. The molecule has 1 aromatic rings. The average molecular weight is 251 g/mol. The number of nitrogens with one attached hydrogen (secondary N) is 1. The summed E-state index contributed by atoms with van der Waals surface area (Å²) in [6.07, 6.45) is 1.29. The molecule has 2 unspecified atom stereocenters. The first-order valence-electron chi connectivity index (χ1n) is 6.12. The van der Waals surface area contributed by atoms with Crippen LogP contribution in [0.2, 0.25) is 0 Å². The molecule has 2 rings (SSSR count). The molecule has 1 saturated heterocycles. The van der Waals surface area contributed by atoms with E-state index in [0.29, 0.717) is 18.7 Å². The predicted molar refractivity (Wildman–Crippen MR) is 64.2 cm³/mol. The minimum absolute atomic E-state index is 0.192. The fourth-order valence-electron chi connectivity index (χ4n) is 2.36. The zero-order valence-electron chi connectivity index (χ0n) is 10.5. The molecule has 1 amide bonds. The van der Waals surface area contributed by atoms with Crippen LogP contribution in [0.4, 0.5) is 0 Å². The number of carbonyl (C=O) groups excluding carboxylic acids is 1. The summed E-state index contributed by atoms with van der Waals surface area (Å²) < 4.78 is 0. The highest BCUT2D eigenvalue weighted by Crippen LogP contribution is 2.25. The maximum atomic E-state index is 12.2. The van der Waals surface area contributed by atoms with Gasteiger partial charge in [-0.25, -0.2) is 0 Å². The van der Waals surface area contributed by atoms with Crippen LogP contribution in [0.25, 0.3) is 0 Å². The van der Waals surface area contributed by atoms with Gasteiger partial charge in [0.1, 0.15) is 5.69 Å². The van der Waals surface area contributed by atoms with Crippen molar-refractivity contribution in [2.45, 2.75) is 32.7 Å². The monoisotopic (exact) mass is 251 g/mol. The Morgan fingerprint density at radius 2 is 2.33 bits per heavy atom. The number of rotatable bonds is 3. The fraction of sp³-hybridized carbons (Fsp3) is 0.583. The molecule has 98 valence electrons. The lowest BCUT2D eigenvalue weighted by Gasteiger charge is -2.22. The summed E-state index contributed by atoms with van der Waals surface area (Å²) in [5.41, 5.74) is 1.27. The van der Waals surface area contributed by atoms with Gasteiger partial charge in [0.25, 0.3) is 5.91 Å². The largest absolute Gasteiger partial charge is 0.481 e. The minimum Gasteiger partial charge on any atom is -0.481 e. The Morgan fingerprint density at radius 1 is 1.61 bits per heavy atom. The summed E-state index contributed by atoms with van der Waals surface area (Å²) in [5, 5.41) is 15.8. The molecule has 1 fully saturated rings. The number of likely N-dealkylation sites (tertiary alicyclic amines) is 1. The highest BCUT2D eigenvalue weighted by molar-refractivity contribution is 5.93. The van der Waals surface area contributed by atoms with E-state index >= 15 is 0 Å². The Balaban J connectivity index is 2.13. The molecule has 1 aliphatic heterocycles. The normalized spacial score (nSPS) is 23.3. The first-order chi connectivity index (χ1) is 8.54.